The highest BCUT2D eigenvalue weighted by molar-refractivity contribution is 5.80. The van der Waals surface area contributed by atoms with Gasteiger partial charge in [-0.2, -0.15) is 0 Å². The molecular weight excluding hydrogens is 186 g/mol. The van der Waals surface area contributed by atoms with Crippen LogP contribution in [0.3, 0.4) is 0 Å². The minimum absolute atomic E-state index is 0.203. The molecule has 0 aliphatic carbocycles. The number of hydrogen-bond donors (Lipinski definition) is 2. The molecule has 7 heteroatoms. The average molecular weight is 193 g/mol. The predicted molar refractivity (Wildman–Crippen MR) is 44.2 cm³/mol. The molecule has 72 valence electrons. The van der Waals surface area contributed by atoms with Gasteiger partial charge in [0, 0.05) is 0 Å². The highest BCUT2D eigenvalue weighted by Gasteiger charge is 1.97. The van der Waals surface area contributed by atoms with Gasteiger partial charge in [-0.05, 0) is 12.1 Å². The molecule has 0 aliphatic rings. The third-order valence-corrected chi connectivity index (χ3v) is 1.37. The number of pyridine rings is 1. The average Bonchev–Trinajstić information content (AvgIpc) is 2.16. The van der Waals surface area contributed by atoms with Crippen LogP contribution in [-0.4, -0.2) is 11.1 Å². The van der Waals surface area contributed by atoms with Gasteiger partial charge < -0.3 is 15.2 Å². The van der Waals surface area contributed by atoms with Crippen molar-refractivity contribution < 1.29 is 9.90 Å². The zero-order valence-electron chi connectivity index (χ0n) is 7.10. The number of amides is 1. The smallest absolute Gasteiger partial charge is 0.214 e. The molecule has 0 bridgehead atoms. The summed E-state index contributed by atoms with van der Waals surface area (Å²) in [6, 6.07) is 3.11. The third kappa shape index (κ3) is 3.00. The van der Waals surface area contributed by atoms with E-state index in [2.05, 4.69) is 15.0 Å². The fourth-order valence-electron chi connectivity index (χ4n) is 0.818. The zero-order chi connectivity index (χ0) is 10.4. The standard InChI is InChI=1S/C7H7N5O2/c8-12-10-4-5-1-2-6(3-9-5)11-7(13)14/h1-3,8,11H,4H2. The van der Waals surface area contributed by atoms with Gasteiger partial charge in [0.15, 0.2) is 6.54 Å². The van der Waals surface area contributed by atoms with Crippen LogP contribution in [0.15, 0.2) is 23.4 Å². The van der Waals surface area contributed by atoms with Crippen LogP contribution < -0.4 is 15.3 Å². The van der Waals surface area contributed by atoms with Crippen LogP contribution in [0, 0.1) is 5.53 Å². The Hall–Kier alpha value is -2.27. The molecule has 0 unspecified atom stereocenters. The monoisotopic (exact) mass is 193 g/mol. The Balaban J connectivity index is 2.68. The van der Waals surface area contributed by atoms with Gasteiger partial charge in [-0.3, -0.25) is 4.98 Å². The molecule has 0 saturated carbocycles. The molecule has 2 N–H and O–H groups in total. The van der Waals surface area contributed by atoms with Gasteiger partial charge in [0.25, 0.3) is 0 Å². The first-order chi connectivity index (χ1) is 6.72. The summed E-state index contributed by atoms with van der Waals surface area (Å²) in [4.78, 5) is 16.8. The van der Waals surface area contributed by atoms with Crippen LogP contribution in [0.4, 0.5) is 10.5 Å². The number of aromatic nitrogens is 1. The molecule has 0 spiro atoms. The number of carbonyl (C=O) groups excluding carboxylic acids is 1. The predicted octanol–water partition coefficient (Wildman–Crippen LogP) is -0.113. The largest absolute Gasteiger partial charge is 0.530 e. The molecule has 0 atom stereocenters. The maximum absolute atomic E-state index is 10.1. The number of carbonyl (C=O) groups is 1. The number of rotatable bonds is 3. The molecular formula is C7H7N5O2. The molecule has 0 aliphatic heterocycles. The molecule has 1 heterocycles. The highest BCUT2D eigenvalue weighted by atomic mass is 16.4. The quantitative estimate of drug-likeness (QED) is 0.515. The van der Waals surface area contributed by atoms with E-state index >= 15 is 0 Å². The second kappa shape index (κ2) is 4.68. The molecule has 1 aromatic rings. The van der Waals surface area contributed by atoms with Crippen molar-refractivity contribution in [3.63, 3.8) is 0 Å². The zero-order valence-corrected chi connectivity index (χ0v) is 7.10. The molecule has 0 saturated heterocycles. The van der Waals surface area contributed by atoms with Crippen molar-refractivity contribution in [3.8, 4) is 0 Å². The van der Waals surface area contributed by atoms with Gasteiger partial charge in [-0.25, -0.2) is 0 Å². The van der Waals surface area contributed by atoms with Crippen LogP contribution in [-0.2, 0) is 6.54 Å². The lowest BCUT2D eigenvalue weighted by molar-refractivity contribution is -0.242. The second-order valence-corrected chi connectivity index (χ2v) is 2.35. The van der Waals surface area contributed by atoms with Crippen molar-refractivity contribution in [2.24, 2.45) is 5.11 Å². The van der Waals surface area contributed by atoms with Crippen LogP contribution in [0.2, 0.25) is 0 Å². The number of carboxylic acid groups (broad SMARTS) is 1. The normalized spacial score (nSPS) is 8.86. The minimum atomic E-state index is -1.38. The van der Waals surface area contributed by atoms with Crippen LogP contribution in [0.5, 0.6) is 0 Å². The van der Waals surface area contributed by atoms with E-state index in [1.54, 1.807) is 6.07 Å². The first-order valence-electron chi connectivity index (χ1n) is 3.68. The van der Waals surface area contributed by atoms with Gasteiger partial charge in [0.2, 0.25) is 4.91 Å². The Morgan fingerprint density at radius 3 is 3.00 bits per heavy atom. The fraction of sp³-hybridized carbons (Fsp3) is 0.143. The lowest BCUT2D eigenvalue weighted by atomic mass is 10.3. The number of nitrogens with one attached hydrogen (secondary N) is 2. The van der Waals surface area contributed by atoms with Crippen molar-refractivity contribution >= 4 is 11.8 Å². The second-order valence-electron chi connectivity index (χ2n) is 2.35. The molecule has 14 heavy (non-hydrogen) atoms. The molecule has 1 rings (SSSR count). The maximum atomic E-state index is 10.1. The Labute approximate surface area is 79.0 Å². The summed E-state index contributed by atoms with van der Waals surface area (Å²) in [7, 11) is 0. The van der Waals surface area contributed by atoms with Gasteiger partial charge in [0.1, 0.15) is 16.7 Å². The molecule has 0 fully saturated rings. The van der Waals surface area contributed by atoms with Gasteiger partial charge >= 0.3 is 0 Å². The molecule has 1 amide bonds. The first-order valence-corrected chi connectivity index (χ1v) is 3.68. The highest BCUT2D eigenvalue weighted by Crippen LogP contribution is 2.05. The Kier molecular flexibility index (Phi) is 3.28. The Bertz CT molecular complexity index is 345. The van der Waals surface area contributed by atoms with E-state index in [9.17, 15) is 9.90 Å². The summed E-state index contributed by atoms with van der Waals surface area (Å²) in [5, 5.41) is 15.6. The first kappa shape index (κ1) is 9.82. The summed E-state index contributed by atoms with van der Waals surface area (Å²) >= 11 is 0. The van der Waals surface area contributed by atoms with Gasteiger partial charge in [-0.1, -0.05) is 0 Å². The van der Waals surface area contributed by atoms with Gasteiger partial charge in [0.05, 0.1) is 17.6 Å². The van der Waals surface area contributed by atoms with E-state index in [0.717, 1.165) is 0 Å². The lowest BCUT2D eigenvalue weighted by Gasteiger charge is -2.04. The van der Waals surface area contributed by atoms with E-state index in [-0.39, 0.29) is 6.54 Å². The summed E-state index contributed by atoms with van der Waals surface area (Å²) in [6.07, 6.45) is -0.0460. The molecule has 0 radical (unpaired) electrons. The van der Waals surface area contributed by atoms with Crippen molar-refractivity contribution in [2.75, 3.05) is 5.32 Å². The summed E-state index contributed by atoms with van der Waals surface area (Å²) < 4.78 is 0. The maximum Gasteiger partial charge on any atom is 0.214 e. The van der Waals surface area contributed by atoms with E-state index in [4.69, 9.17) is 5.53 Å². The van der Waals surface area contributed by atoms with Crippen molar-refractivity contribution in [1.82, 2.24) is 9.90 Å². The molecule has 1 aromatic heterocycles. The van der Waals surface area contributed by atoms with Crippen LogP contribution in [0.1, 0.15) is 5.69 Å². The summed E-state index contributed by atoms with van der Waals surface area (Å²) in [5.41, 5.74) is 7.35. The Morgan fingerprint density at radius 2 is 2.50 bits per heavy atom. The SMILES string of the molecule is N=[N+]=NCc1ccc(NC(=O)[O-])cn1. The molecule has 0 aromatic carbocycles. The van der Waals surface area contributed by atoms with Crippen molar-refractivity contribution in [2.45, 2.75) is 6.54 Å². The fourth-order valence-corrected chi connectivity index (χ4v) is 0.818. The molecule has 7 nitrogen and oxygen atoms in total. The third-order valence-electron chi connectivity index (χ3n) is 1.37. The summed E-state index contributed by atoms with van der Waals surface area (Å²) in [5.74, 6) is 0. The van der Waals surface area contributed by atoms with Crippen LogP contribution in [0.25, 0.3) is 0 Å². The summed E-state index contributed by atoms with van der Waals surface area (Å²) in [6.45, 7) is 0.203. The Morgan fingerprint density at radius 1 is 1.71 bits per heavy atom. The lowest BCUT2D eigenvalue weighted by Crippen LogP contribution is -2.28. The van der Waals surface area contributed by atoms with Crippen molar-refractivity contribution in [3.05, 3.63) is 24.0 Å². The van der Waals surface area contributed by atoms with Gasteiger partial charge in [-0.15, -0.1) is 0 Å². The van der Waals surface area contributed by atoms with E-state index in [1.807, 2.05) is 5.32 Å². The van der Waals surface area contributed by atoms with Crippen molar-refractivity contribution in [1.29, 1.82) is 5.53 Å². The number of nitrogens with zero attached hydrogens (tertiary/aromatic N) is 3. The van der Waals surface area contributed by atoms with E-state index in [0.29, 0.717) is 11.4 Å². The number of hydrogen-bond acceptors (Lipinski definition) is 5. The topological polar surface area (TPSA) is 115 Å². The number of anilines is 1. The van der Waals surface area contributed by atoms with Crippen LogP contribution >= 0.6 is 0 Å². The minimum Gasteiger partial charge on any atom is -0.530 e. The van der Waals surface area contributed by atoms with E-state index < -0.39 is 6.09 Å². The van der Waals surface area contributed by atoms with E-state index in [1.165, 1.54) is 12.3 Å².